The van der Waals surface area contributed by atoms with Gasteiger partial charge in [0, 0.05) is 14.7 Å². The van der Waals surface area contributed by atoms with E-state index in [1.807, 2.05) is 24.6 Å². The van der Waals surface area contributed by atoms with E-state index in [-0.39, 0.29) is 6.73 Å². The Balaban J connectivity index is 1.64. The molecule has 11 heteroatoms. The second-order valence-electron chi connectivity index (χ2n) is 11.0. The zero-order valence-electron chi connectivity index (χ0n) is 21.3. The average molecular weight is 511 g/mol. The molecular formula is C25H31FN6O3Si. The van der Waals surface area contributed by atoms with Gasteiger partial charge < -0.3 is 14.7 Å². The summed E-state index contributed by atoms with van der Waals surface area (Å²) in [4.78, 5) is 4.29. The number of ether oxygens (including phenoxy) is 2. The van der Waals surface area contributed by atoms with E-state index in [1.54, 1.807) is 16.8 Å². The molecule has 4 aromatic heterocycles. The van der Waals surface area contributed by atoms with Gasteiger partial charge >= 0.3 is 5.65 Å². The largest absolute Gasteiger partial charge is 0.711 e. The Kier molecular flexibility index (Phi) is 6.17. The van der Waals surface area contributed by atoms with Gasteiger partial charge in [-0.05, 0) is 44.2 Å². The highest BCUT2D eigenvalue weighted by Crippen LogP contribution is 2.39. The molecule has 5 heterocycles. The molecule has 0 saturated heterocycles. The van der Waals surface area contributed by atoms with Crippen LogP contribution in [-0.2, 0) is 29.4 Å². The molecule has 5 rings (SSSR count). The van der Waals surface area contributed by atoms with Gasteiger partial charge in [-0.15, -0.1) is 4.68 Å². The second-order valence-corrected chi connectivity index (χ2v) is 16.6. The first-order chi connectivity index (χ1) is 17.0. The molecule has 1 aliphatic heterocycles. The lowest BCUT2D eigenvalue weighted by molar-refractivity contribution is -0.580. The molecule has 0 saturated carbocycles. The van der Waals surface area contributed by atoms with Crippen molar-refractivity contribution in [3.63, 3.8) is 0 Å². The zero-order valence-corrected chi connectivity index (χ0v) is 22.3. The number of nitrogens with zero attached hydrogens (tertiary/aromatic N) is 6. The fraction of sp³-hybridized carbons (Fsp3) is 0.440. The predicted octanol–water partition coefficient (Wildman–Crippen LogP) is 4.36. The molecule has 0 atom stereocenters. The fourth-order valence-corrected chi connectivity index (χ4v) is 5.09. The molecule has 0 aromatic carbocycles. The average Bonchev–Trinajstić information content (AvgIpc) is 3.34. The number of hydrogen-bond donors (Lipinski definition) is 0. The second kappa shape index (κ2) is 9.06. The number of aromatic nitrogens is 6. The van der Waals surface area contributed by atoms with Crippen molar-refractivity contribution in [2.75, 3.05) is 6.61 Å². The van der Waals surface area contributed by atoms with E-state index in [1.165, 1.54) is 18.5 Å². The molecule has 9 nitrogen and oxygen atoms in total. The molecule has 0 amide bonds. The monoisotopic (exact) mass is 510 g/mol. The van der Waals surface area contributed by atoms with Crippen molar-refractivity contribution in [1.29, 1.82) is 0 Å². The first-order valence-corrected chi connectivity index (χ1v) is 15.8. The van der Waals surface area contributed by atoms with Crippen LogP contribution in [0.1, 0.15) is 19.5 Å². The molecule has 0 radical (unpaired) electrons. The molecule has 36 heavy (non-hydrogen) atoms. The maximum Gasteiger partial charge on any atom is 0.316 e. The van der Waals surface area contributed by atoms with Crippen molar-refractivity contribution < 1.29 is 18.6 Å². The molecule has 0 fully saturated rings. The Morgan fingerprint density at radius 1 is 1.19 bits per heavy atom. The number of halogens is 1. The van der Waals surface area contributed by atoms with Gasteiger partial charge in [-0.3, -0.25) is 9.67 Å². The highest BCUT2D eigenvalue weighted by atomic mass is 28.3. The standard InChI is InChI=1S/C25H31FN6O3Si/c1-25(2)15-30-20(14-35-25)21(23(29-30)19-9-8-17(26)13-27-19)22-18-7-6-10-32(33)24(18)31(28-22)16-34-11-12-36(3,4)5/h6-10,13H,11-12,14-16H2,1-5H3. The quantitative estimate of drug-likeness (QED) is 0.159. The molecule has 0 aliphatic carbocycles. The minimum Gasteiger partial charge on any atom is -0.711 e. The Morgan fingerprint density at radius 3 is 2.72 bits per heavy atom. The first-order valence-electron chi connectivity index (χ1n) is 12.0. The van der Waals surface area contributed by atoms with Crippen molar-refractivity contribution in [1.82, 2.24) is 24.5 Å². The third-order valence-electron chi connectivity index (χ3n) is 6.26. The van der Waals surface area contributed by atoms with E-state index < -0.39 is 19.5 Å². The lowest BCUT2D eigenvalue weighted by Gasteiger charge is -2.31. The minimum absolute atomic E-state index is 0.157. The Hall–Kier alpha value is -3.15. The number of hydrogen-bond acceptors (Lipinski definition) is 6. The van der Waals surface area contributed by atoms with Crippen LogP contribution in [0.4, 0.5) is 4.39 Å². The van der Waals surface area contributed by atoms with E-state index in [0.717, 1.165) is 22.0 Å². The van der Waals surface area contributed by atoms with Gasteiger partial charge in [-0.2, -0.15) is 5.10 Å². The smallest absolute Gasteiger partial charge is 0.316 e. The summed E-state index contributed by atoms with van der Waals surface area (Å²) in [6.07, 6.45) is 2.63. The summed E-state index contributed by atoms with van der Waals surface area (Å²) in [6, 6.07) is 7.54. The van der Waals surface area contributed by atoms with Crippen LogP contribution in [0, 0.1) is 11.0 Å². The van der Waals surface area contributed by atoms with Crippen molar-refractivity contribution in [2.24, 2.45) is 0 Å². The highest BCUT2D eigenvalue weighted by molar-refractivity contribution is 6.76. The summed E-state index contributed by atoms with van der Waals surface area (Å²) in [5, 5.41) is 23.2. The van der Waals surface area contributed by atoms with Crippen LogP contribution in [0.2, 0.25) is 25.7 Å². The van der Waals surface area contributed by atoms with E-state index >= 15 is 0 Å². The fourth-order valence-electron chi connectivity index (χ4n) is 4.33. The van der Waals surface area contributed by atoms with Crippen molar-refractivity contribution in [3.8, 4) is 22.6 Å². The lowest BCUT2D eigenvalue weighted by atomic mass is 10.0. The van der Waals surface area contributed by atoms with Gasteiger partial charge in [0.2, 0.25) is 6.73 Å². The van der Waals surface area contributed by atoms with Crippen molar-refractivity contribution in [2.45, 2.75) is 65.0 Å². The molecule has 0 spiro atoms. The summed E-state index contributed by atoms with van der Waals surface area (Å²) in [5.41, 5.74) is 3.24. The van der Waals surface area contributed by atoms with Gasteiger partial charge in [-0.25, -0.2) is 9.12 Å². The van der Waals surface area contributed by atoms with Crippen LogP contribution in [0.5, 0.6) is 0 Å². The number of pyridine rings is 2. The maximum atomic E-state index is 13.7. The Bertz CT molecular complexity index is 1410. The predicted molar refractivity (Wildman–Crippen MR) is 136 cm³/mol. The normalized spacial score (nSPS) is 15.4. The van der Waals surface area contributed by atoms with Crippen LogP contribution in [0.3, 0.4) is 0 Å². The molecule has 0 unspecified atom stereocenters. The first kappa shape index (κ1) is 24.5. The molecular weight excluding hydrogens is 479 g/mol. The minimum atomic E-state index is -1.26. The maximum absolute atomic E-state index is 13.7. The molecule has 190 valence electrons. The van der Waals surface area contributed by atoms with Crippen LogP contribution in [0.25, 0.3) is 33.7 Å². The topological polar surface area (TPSA) is 93.9 Å². The van der Waals surface area contributed by atoms with Crippen molar-refractivity contribution in [3.05, 3.63) is 53.4 Å². The Labute approximate surface area is 210 Å². The lowest BCUT2D eigenvalue weighted by Crippen LogP contribution is -2.36. The SMILES string of the molecule is CC1(C)Cn2nc(-c3ccc(F)cn3)c(-c3nn(COCC[Si](C)(C)C)c4c3ccc[n+]4[O-])c2CO1. The summed E-state index contributed by atoms with van der Waals surface area (Å²) in [7, 11) is -1.26. The van der Waals surface area contributed by atoms with E-state index in [9.17, 15) is 9.60 Å². The molecule has 4 aromatic rings. The summed E-state index contributed by atoms with van der Waals surface area (Å²) in [6.45, 7) is 12.5. The van der Waals surface area contributed by atoms with Gasteiger partial charge in [0.05, 0.1) is 53.5 Å². The van der Waals surface area contributed by atoms with Crippen LogP contribution >= 0.6 is 0 Å². The van der Waals surface area contributed by atoms with Gasteiger partial charge in [-0.1, -0.05) is 24.7 Å². The zero-order chi connectivity index (χ0) is 25.7. The summed E-state index contributed by atoms with van der Waals surface area (Å²) < 4.78 is 30.0. The summed E-state index contributed by atoms with van der Waals surface area (Å²) >= 11 is 0. The third-order valence-corrected chi connectivity index (χ3v) is 7.96. The third kappa shape index (κ3) is 4.78. The van der Waals surface area contributed by atoms with Gasteiger partial charge in [0.25, 0.3) is 0 Å². The van der Waals surface area contributed by atoms with Crippen LogP contribution in [-0.4, -0.2) is 44.8 Å². The van der Waals surface area contributed by atoms with E-state index in [0.29, 0.717) is 47.9 Å². The Morgan fingerprint density at radius 2 is 2.00 bits per heavy atom. The van der Waals surface area contributed by atoms with Crippen LogP contribution in [0.15, 0.2) is 36.7 Å². The molecule has 0 N–H and O–H groups in total. The number of rotatable bonds is 7. The number of fused-ring (bicyclic) bond motifs is 2. The van der Waals surface area contributed by atoms with Gasteiger partial charge in [0.15, 0.2) is 0 Å². The summed E-state index contributed by atoms with van der Waals surface area (Å²) in [5.74, 6) is -0.425. The van der Waals surface area contributed by atoms with Crippen molar-refractivity contribution >= 4 is 19.1 Å². The van der Waals surface area contributed by atoms with Crippen LogP contribution < -0.4 is 4.73 Å². The molecule has 0 bridgehead atoms. The molecule has 1 aliphatic rings. The highest BCUT2D eigenvalue weighted by Gasteiger charge is 2.34. The van der Waals surface area contributed by atoms with E-state index in [4.69, 9.17) is 19.7 Å². The van der Waals surface area contributed by atoms with E-state index in [2.05, 4.69) is 24.6 Å². The van der Waals surface area contributed by atoms with Gasteiger partial charge in [0.1, 0.15) is 17.2 Å².